The fourth-order valence-electron chi connectivity index (χ4n) is 3.21. The lowest BCUT2D eigenvalue weighted by molar-refractivity contribution is -0.127. The van der Waals surface area contributed by atoms with Gasteiger partial charge < -0.3 is 10.1 Å². The van der Waals surface area contributed by atoms with Crippen LogP contribution in [-0.2, 0) is 20.6 Å². The van der Waals surface area contributed by atoms with Crippen LogP contribution >= 0.6 is 11.8 Å². The third-order valence-electron chi connectivity index (χ3n) is 4.59. The fraction of sp³-hybridized carbons (Fsp3) is 0.381. The van der Waals surface area contributed by atoms with Crippen LogP contribution in [0.25, 0.3) is 0 Å². The maximum Gasteiger partial charge on any atom is 0.261 e. The normalized spacial score (nSPS) is 16.5. The fourth-order valence-corrected chi connectivity index (χ4v) is 4.96. The molecule has 1 atom stereocenters. The Balaban J connectivity index is 1.52. The standard InChI is InChI=1S/C21H26N2O4S2/c1-16-6-5-7-17(14-16)15-28-13-11-22-21(24)20-10-12-23(29(2,25)26)18-8-3-4-9-19(18)27-20/h3-9,14,20H,10-13,15H2,1-2H3,(H,22,24)/t20-/m1/s1. The van der Waals surface area contributed by atoms with E-state index in [1.807, 2.05) is 6.07 Å². The molecule has 156 valence electrons. The van der Waals surface area contributed by atoms with E-state index in [0.717, 1.165) is 17.8 Å². The monoisotopic (exact) mass is 434 g/mol. The average Bonchev–Trinajstić information content (AvgIpc) is 2.87. The Bertz CT molecular complexity index is 963. The molecule has 1 N–H and O–H groups in total. The molecule has 2 aromatic rings. The van der Waals surface area contributed by atoms with Crippen molar-refractivity contribution in [2.75, 3.05) is 29.4 Å². The van der Waals surface area contributed by atoms with Crippen LogP contribution in [0.2, 0.25) is 0 Å². The summed E-state index contributed by atoms with van der Waals surface area (Å²) in [6.07, 6.45) is 0.740. The van der Waals surface area contributed by atoms with Gasteiger partial charge in [0, 0.05) is 31.0 Å². The van der Waals surface area contributed by atoms with Gasteiger partial charge in [0.2, 0.25) is 10.0 Å². The predicted molar refractivity (Wildman–Crippen MR) is 118 cm³/mol. The number of amides is 1. The zero-order valence-corrected chi connectivity index (χ0v) is 18.3. The van der Waals surface area contributed by atoms with E-state index in [1.54, 1.807) is 36.0 Å². The molecule has 0 saturated heterocycles. The van der Waals surface area contributed by atoms with E-state index in [9.17, 15) is 13.2 Å². The van der Waals surface area contributed by atoms with Crippen molar-refractivity contribution in [1.82, 2.24) is 5.32 Å². The number of benzene rings is 2. The molecule has 0 unspecified atom stereocenters. The highest BCUT2D eigenvalue weighted by Crippen LogP contribution is 2.33. The molecule has 0 radical (unpaired) electrons. The molecule has 0 spiro atoms. The number of rotatable bonds is 7. The van der Waals surface area contributed by atoms with Crippen LogP contribution in [0.1, 0.15) is 17.5 Å². The predicted octanol–water partition coefficient (Wildman–Crippen LogP) is 2.96. The highest BCUT2D eigenvalue weighted by atomic mass is 32.2. The summed E-state index contributed by atoms with van der Waals surface area (Å²) in [5.74, 6) is 1.88. The van der Waals surface area contributed by atoms with Gasteiger partial charge in [-0.25, -0.2) is 8.42 Å². The Morgan fingerprint density at radius 2 is 2.03 bits per heavy atom. The summed E-state index contributed by atoms with van der Waals surface area (Å²) in [7, 11) is -3.45. The molecule has 0 saturated carbocycles. The minimum atomic E-state index is -3.45. The number of para-hydroxylation sites is 2. The third kappa shape index (κ3) is 5.90. The molecule has 0 aliphatic carbocycles. The molecule has 2 aromatic carbocycles. The number of sulfonamides is 1. The first-order chi connectivity index (χ1) is 13.8. The molecular weight excluding hydrogens is 408 g/mol. The maximum absolute atomic E-state index is 12.6. The van der Waals surface area contributed by atoms with Crippen molar-refractivity contribution in [3.63, 3.8) is 0 Å². The van der Waals surface area contributed by atoms with Crippen molar-refractivity contribution in [1.29, 1.82) is 0 Å². The number of hydrogen-bond acceptors (Lipinski definition) is 5. The van der Waals surface area contributed by atoms with Crippen LogP contribution in [0, 0.1) is 6.92 Å². The van der Waals surface area contributed by atoms with E-state index in [2.05, 4.69) is 30.4 Å². The largest absolute Gasteiger partial charge is 0.478 e. The first-order valence-electron chi connectivity index (χ1n) is 9.49. The summed E-state index contributed by atoms with van der Waals surface area (Å²) in [4.78, 5) is 12.6. The zero-order valence-electron chi connectivity index (χ0n) is 16.6. The van der Waals surface area contributed by atoms with Crippen molar-refractivity contribution in [2.24, 2.45) is 0 Å². The molecule has 0 aromatic heterocycles. The maximum atomic E-state index is 12.6. The number of anilines is 1. The zero-order chi connectivity index (χ0) is 20.9. The minimum absolute atomic E-state index is 0.204. The first-order valence-corrected chi connectivity index (χ1v) is 12.5. The summed E-state index contributed by atoms with van der Waals surface area (Å²) in [6, 6.07) is 15.3. The second-order valence-electron chi connectivity index (χ2n) is 7.03. The topological polar surface area (TPSA) is 75.7 Å². The number of aryl methyl sites for hydroxylation is 1. The second kappa shape index (κ2) is 9.54. The molecule has 1 aliphatic heterocycles. The van der Waals surface area contributed by atoms with Gasteiger partial charge in [-0.15, -0.1) is 0 Å². The Morgan fingerprint density at radius 1 is 1.24 bits per heavy atom. The van der Waals surface area contributed by atoms with Crippen molar-refractivity contribution in [3.8, 4) is 5.75 Å². The van der Waals surface area contributed by atoms with E-state index in [1.165, 1.54) is 15.4 Å². The Labute approximate surface area is 176 Å². The van der Waals surface area contributed by atoms with E-state index in [0.29, 0.717) is 24.4 Å². The van der Waals surface area contributed by atoms with E-state index < -0.39 is 16.1 Å². The van der Waals surface area contributed by atoms with E-state index in [4.69, 9.17) is 4.74 Å². The summed E-state index contributed by atoms with van der Waals surface area (Å²) in [5.41, 5.74) is 2.98. The molecule has 1 heterocycles. The Hall–Kier alpha value is -2.19. The van der Waals surface area contributed by atoms with Crippen LogP contribution in [-0.4, -0.2) is 45.5 Å². The Kier molecular flexibility index (Phi) is 7.08. The number of thioether (sulfide) groups is 1. The van der Waals surface area contributed by atoms with E-state index >= 15 is 0 Å². The van der Waals surface area contributed by atoms with Gasteiger partial charge in [-0.1, -0.05) is 42.0 Å². The average molecular weight is 435 g/mol. The van der Waals surface area contributed by atoms with Crippen molar-refractivity contribution < 1.29 is 17.9 Å². The molecule has 1 amide bonds. The molecule has 8 heteroatoms. The summed E-state index contributed by atoms with van der Waals surface area (Å²) < 4.78 is 31.4. The van der Waals surface area contributed by atoms with Crippen LogP contribution in [0.5, 0.6) is 5.75 Å². The molecule has 1 aliphatic rings. The van der Waals surface area contributed by atoms with Gasteiger partial charge >= 0.3 is 0 Å². The summed E-state index contributed by atoms with van der Waals surface area (Å²) in [5, 5.41) is 2.91. The molecule has 3 rings (SSSR count). The van der Waals surface area contributed by atoms with E-state index in [-0.39, 0.29) is 12.5 Å². The highest BCUT2D eigenvalue weighted by Gasteiger charge is 2.30. The van der Waals surface area contributed by atoms with Crippen molar-refractivity contribution in [3.05, 3.63) is 59.7 Å². The SMILES string of the molecule is Cc1cccc(CSCCNC(=O)[C@H]2CCN(S(C)(=O)=O)c3ccccc3O2)c1. The lowest BCUT2D eigenvalue weighted by Gasteiger charge is -2.20. The van der Waals surface area contributed by atoms with Crippen molar-refractivity contribution in [2.45, 2.75) is 25.2 Å². The number of ether oxygens (including phenoxy) is 1. The van der Waals surface area contributed by atoms with Gasteiger partial charge in [-0.2, -0.15) is 11.8 Å². The third-order valence-corrected chi connectivity index (χ3v) is 6.80. The van der Waals surface area contributed by atoms with Gasteiger partial charge in [-0.05, 0) is 24.6 Å². The Morgan fingerprint density at radius 3 is 2.79 bits per heavy atom. The number of carbonyl (C=O) groups excluding carboxylic acids is 1. The van der Waals surface area contributed by atoms with Crippen LogP contribution in [0.15, 0.2) is 48.5 Å². The lowest BCUT2D eigenvalue weighted by atomic mass is 10.2. The highest BCUT2D eigenvalue weighted by molar-refractivity contribution is 7.98. The van der Waals surface area contributed by atoms with Gasteiger partial charge in [0.25, 0.3) is 5.91 Å². The first kappa shape index (κ1) is 21.5. The molecule has 0 fully saturated rings. The summed E-state index contributed by atoms with van der Waals surface area (Å²) in [6.45, 7) is 2.81. The summed E-state index contributed by atoms with van der Waals surface area (Å²) >= 11 is 1.76. The number of hydrogen-bond donors (Lipinski definition) is 1. The number of nitrogens with zero attached hydrogens (tertiary/aromatic N) is 1. The second-order valence-corrected chi connectivity index (χ2v) is 10.0. The van der Waals surface area contributed by atoms with Crippen molar-refractivity contribution >= 4 is 33.4 Å². The quantitative estimate of drug-likeness (QED) is 0.678. The number of fused-ring (bicyclic) bond motifs is 1. The molecule has 0 bridgehead atoms. The molecule has 29 heavy (non-hydrogen) atoms. The minimum Gasteiger partial charge on any atom is -0.478 e. The van der Waals surface area contributed by atoms with Crippen LogP contribution < -0.4 is 14.4 Å². The molecule has 6 nitrogen and oxygen atoms in total. The lowest BCUT2D eigenvalue weighted by Crippen LogP contribution is -2.40. The number of carbonyl (C=O) groups is 1. The van der Waals surface area contributed by atoms with Gasteiger partial charge in [0.15, 0.2) is 6.10 Å². The number of nitrogens with one attached hydrogen (secondary N) is 1. The van der Waals surface area contributed by atoms with Gasteiger partial charge in [0.1, 0.15) is 5.75 Å². The van der Waals surface area contributed by atoms with Gasteiger partial charge in [0.05, 0.1) is 11.9 Å². The molecular formula is C21H26N2O4S2. The smallest absolute Gasteiger partial charge is 0.261 e. The van der Waals surface area contributed by atoms with Crippen LogP contribution in [0.4, 0.5) is 5.69 Å². The van der Waals surface area contributed by atoms with Gasteiger partial charge in [-0.3, -0.25) is 9.10 Å². The van der Waals surface area contributed by atoms with Crippen LogP contribution in [0.3, 0.4) is 0 Å².